The van der Waals surface area contributed by atoms with Crippen molar-refractivity contribution in [1.82, 2.24) is 4.90 Å². The van der Waals surface area contributed by atoms with Crippen LogP contribution in [-0.4, -0.2) is 70.7 Å². The van der Waals surface area contributed by atoms with Gasteiger partial charge in [-0.1, -0.05) is 13.8 Å². The summed E-state index contributed by atoms with van der Waals surface area (Å²) < 4.78 is 17.0. The molecular weight excluding hydrogens is 388 g/mol. The average molecular weight is 431 g/mol. The van der Waals surface area contributed by atoms with Crippen LogP contribution >= 0.6 is 0 Å². The quantitative estimate of drug-likeness (QED) is 0.597. The number of amides is 1. The minimum absolute atomic E-state index is 0.218. The summed E-state index contributed by atoms with van der Waals surface area (Å²) in [6, 6.07) is -2.16. The average Bonchev–Trinajstić information content (AvgIpc) is 3.00. The summed E-state index contributed by atoms with van der Waals surface area (Å²) in [5.74, 6) is -0.935. The topological polar surface area (TPSA) is 111 Å². The van der Waals surface area contributed by atoms with E-state index in [1.807, 2.05) is 13.8 Å². The normalized spacial score (nSPS) is 24.0. The highest BCUT2D eigenvalue weighted by molar-refractivity contribution is 5.83. The first kappa shape index (κ1) is 26.7. The molecule has 1 fully saturated rings. The Labute approximate surface area is 181 Å². The van der Waals surface area contributed by atoms with Crippen molar-refractivity contribution in [2.24, 2.45) is 11.7 Å². The highest BCUT2D eigenvalue weighted by Crippen LogP contribution is 2.39. The number of methoxy groups -OCH3 is 1. The van der Waals surface area contributed by atoms with Gasteiger partial charge in [-0.15, -0.1) is 0 Å². The molecular formula is C22H42N2O6. The van der Waals surface area contributed by atoms with Crippen LogP contribution in [0.3, 0.4) is 0 Å². The van der Waals surface area contributed by atoms with Gasteiger partial charge in [0.2, 0.25) is 0 Å². The lowest BCUT2D eigenvalue weighted by molar-refractivity contribution is -0.161. The third-order valence-electron chi connectivity index (χ3n) is 5.76. The minimum atomic E-state index is -0.893. The van der Waals surface area contributed by atoms with Crippen molar-refractivity contribution in [1.29, 1.82) is 0 Å². The Kier molecular flexibility index (Phi) is 8.73. The summed E-state index contributed by atoms with van der Waals surface area (Å²) in [6.07, 6.45) is 0.840. The Bertz CT molecular complexity index is 583. The van der Waals surface area contributed by atoms with E-state index in [0.29, 0.717) is 12.8 Å². The zero-order valence-corrected chi connectivity index (χ0v) is 20.2. The van der Waals surface area contributed by atoms with Crippen molar-refractivity contribution >= 4 is 12.1 Å². The molecule has 0 aliphatic carbocycles. The van der Waals surface area contributed by atoms with Crippen molar-refractivity contribution < 1.29 is 28.9 Å². The third kappa shape index (κ3) is 6.08. The van der Waals surface area contributed by atoms with Crippen LogP contribution in [0.4, 0.5) is 4.79 Å². The Hall–Kier alpha value is -1.38. The van der Waals surface area contributed by atoms with Crippen molar-refractivity contribution in [2.45, 2.75) is 110 Å². The van der Waals surface area contributed by atoms with E-state index >= 15 is 0 Å². The number of esters is 1. The zero-order chi connectivity index (χ0) is 23.5. The molecule has 30 heavy (non-hydrogen) atoms. The van der Waals surface area contributed by atoms with Gasteiger partial charge >= 0.3 is 12.1 Å². The molecule has 0 spiro atoms. The van der Waals surface area contributed by atoms with Crippen LogP contribution in [0.5, 0.6) is 0 Å². The monoisotopic (exact) mass is 430 g/mol. The van der Waals surface area contributed by atoms with E-state index in [-0.39, 0.29) is 13.0 Å². The maximum Gasteiger partial charge on any atom is 0.411 e. The van der Waals surface area contributed by atoms with E-state index in [1.54, 1.807) is 48.7 Å². The van der Waals surface area contributed by atoms with Crippen LogP contribution in [0.2, 0.25) is 0 Å². The fourth-order valence-electron chi connectivity index (χ4n) is 4.22. The highest BCUT2D eigenvalue weighted by atomic mass is 16.6. The lowest BCUT2D eigenvalue weighted by Crippen LogP contribution is -2.63. The number of ether oxygens (including phenoxy) is 3. The van der Waals surface area contributed by atoms with E-state index < -0.39 is 52.9 Å². The van der Waals surface area contributed by atoms with Crippen LogP contribution < -0.4 is 5.73 Å². The molecule has 3 N–H and O–H groups in total. The summed E-state index contributed by atoms with van der Waals surface area (Å²) in [4.78, 5) is 27.6. The Morgan fingerprint density at radius 1 is 1.07 bits per heavy atom. The molecule has 0 radical (unpaired) electrons. The van der Waals surface area contributed by atoms with Gasteiger partial charge in [0.25, 0.3) is 0 Å². The number of carbonyl (C=O) groups excluding carboxylic acids is 2. The smallest absolute Gasteiger partial charge is 0.411 e. The predicted molar refractivity (Wildman–Crippen MR) is 115 cm³/mol. The SMILES string of the molecule is CCC(CC)(OC)[C@H](N)[C@H]1[C@H](CO)C[C@H](C(=O)OC(C)(C)C)N1C(=O)OC(C)(C)C. The van der Waals surface area contributed by atoms with E-state index in [2.05, 4.69) is 0 Å². The molecule has 0 aromatic heterocycles. The second kappa shape index (κ2) is 9.83. The number of nitrogens with zero attached hydrogens (tertiary/aromatic N) is 1. The molecule has 1 amide bonds. The molecule has 176 valence electrons. The molecule has 1 aliphatic heterocycles. The predicted octanol–water partition coefficient (Wildman–Crippen LogP) is 2.85. The summed E-state index contributed by atoms with van der Waals surface area (Å²) in [7, 11) is 1.60. The first-order valence-electron chi connectivity index (χ1n) is 10.8. The molecule has 0 aromatic rings. The first-order chi connectivity index (χ1) is 13.7. The molecule has 1 aliphatic rings. The van der Waals surface area contributed by atoms with Crippen LogP contribution in [0.25, 0.3) is 0 Å². The summed E-state index contributed by atoms with van der Waals surface area (Å²) in [5, 5.41) is 10.1. The largest absolute Gasteiger partial charge is 0.458 e. The molecule has 0 saturated carbocycles. The molecule has 0 bridgehead atoms. The van der Waals surface area contributed by atoms with Crippen molar-refractivity contribution in [3.8, 4) is 0 Å². The van der Waals surface area contributed by atoms with Crippen molar-refractivity contribution in [3.05, 3.63) is 0 Å². The van der Waals surface area contributed by atoms with Crippen LogP contribution in [-0.2, 0) is 19.0 Å². The first-order valence-corrected chi connectivity index (χ1v) is 10.8. The van der Waals surface area contributed by atoms with Gasteiger partial charge in [-0.3, -0.25) is 4.90 Å². The van der Waals surface area contributed by atoms with Gasteiger partial charge in [-0.05, 0) is 60.8 Å². The van der Waals surface area contributed by atoms with E-state index in [0.717, 1.165) is 0 Å². The molecule has 0 aromatic carbocycles. The second-order valence-electron chi connectivity index (χ2n) is 10.1. The maximum atomic E-state index is 13.2. The van der Waals surface area contributed by atoms with Gasteiger partial charge in [-0.2, -0.15) is 0 Å². The van der Waals surface area contributed by atoms with Crippen molar-refractivity contribution in [3.63, 3.8) is 0 Å². The van der Waals surface area contributed by atoms with E-state index in [4.69, 9.17) is 19.9 Å². The molecule has 1 rings (SSSR count). The van der Waals surface area contributed by atoms with Gasteiger partial charge in [0, 0.05) is 19.6 Å². The Morgan fingerprint density at radius 3 is 1.93 bits per heavy atom. The van der Waals surface area contributed by atoms with Gasteiger partial charge in [-0.25, -0.2) is 9.59 Å². The second-order valence-corrected chi connectivity index (χ2v) is 10.1. The molecule has 8 nitrogen and oxygen atoms in total. The van der Waals surface area contributed by atoms with Gasteiger partial charge < -0.3 is 25.1 Å². The number of likely N-dealkylation sites (tertiary alicyclic amines) is 1. The molecule has 8 heteroatoms. The molecule has 0 unspecified atom stereocenters. The van der Waals surface area contributed by atoms with Crippen LogP contribution in [0, 0.1) is 5.92 Å². The lowest BCUT2D eigenvalue weighted by Gasteiger charge is -2.44. The number of rotatable bonds is 7. The molecule has 1 heterocycles. The van der Waals surface area contributed by atoms with Crippen LogP contribution in [0.1, 0.15) is 74.7 Å². The standard InChI is InChI=1S/C22H42N2O6/c1-10-22(11-2,28-9)17(23)16-14(13-25)12-15(18(26)29-20(3,4)5)24(16)19(27)30-21(6,7)8/h14-17,25H,10-13,23H2,1-9H3/t14-,15+,16+,17+/m0/s1. The fraction of sp³-hybridized carbons (Fsp3) is 0.909. The maximum absolute atomic E-state index is 13.2. The van der Waals surface area contributed by atoms with E-state index in [9.17, 15) is 14.7 Å². The Balaban J connectivity index is 3.45. The molecule has 4 atom stereocenters. The summed E-state index contributed by atoms with van der Waals surface area (Å²) in [5.41, 5.74) is 4.52. The number of hydrogen-bond acceptors (Lipinski definition) is 7. The number of hydrogen-bond donors (Lipinski definition) is 2. The highest BCUT2D eigenvalue weighted by Gasteiger charge is 2.55. The van der Waals surface area contributed by atoms with E-state index in [1.165, 1.54) is 4.90 Å². The number of carbonyl (C=O) groups is 2. The number of aliphatic hydroxyl groups is 1. The summed E-state index contributed by atoms with van der Waals surface area (Å²) >= 11 is 0. The van der Waals surface area contributed by atoms with Crippen molar-refractivity contribution in [2.75, 3.05) is 13.7 Å². The van der Waals surface area contributed by atoms with Gasteiger partial charge in [0.1, 0.15) is 17.2 Å². The fourth-order valence-corrected chi connectivity index (χ4v) is 4.22. The molecule has 1 saturated heterocycles. The number of aliphatic hydroxyl groups excluding tert-OH is 1. The minimum Gasteiger partial charge on any atom is -0.458 e. The third-order valence-corrected chi connectivity index (χ3v) is 5.76. The summed E-state index contributed by atoms with van der Waals surface area (Å²) in [6.45, 7) is 14.3. The van der Waals surface area contributed by atoms with Gasteiger partial charge in [0.05, 0.1) is 17.7 Å². The zero-order valence-electron chi connectivity index (χ0n) is 20.2. The number of nitrogens with two attached hydrogens (primary N) is 1. The lowest BCUT2D eigenvalue weighted by atomic mass is 9.80. The Morgan fingerprint density at radius 2 is 1.57 bits per heavy atom. The van der Waals surface area contributed by atoms with Gasteiger partial charge in [0.15, 0.2) is 0 Å². The van der Waals surface area contributed by atoms with Crippen LogP contribution in [0.15, 0.2) is 0 Å².